The fraction of sp³-hybridized carbons (Fsp3) is 0.200. The maximum Gasteiger partial charge on any atom is 0.249 e. The Kier molecular flexibility index (Phi) is 4.55. The van der Waals surface area contributed by atoms with E-state index in [1.807, 2.05) is 30.3 Å². The molecule has 2 rings (SSSR count). The van der Waals surface area contributed by atoms with Crippen LogP contribution in [0.5, 0.6) is 0 Å². The van der Waals surface area contributed by atoms with Gasteiger partial charge in [0.15, 0.2) is 0 Å². The molecule has 5 heteroatoms. The van der Waals surface area contributed by atoms with Gasteiger partial charge in [-0.3, -0.25) is 9.59 Å². The molecule has 3 N–H and O–H groups in total. The molecule has 0 bridgehead atoms. The fourth-order valence-corrected chi connectivity index (χ4v) is 1.90. The van der Waals surface area contributed by atoms with E-state index in [2.05, 4.69) is 15.6 Å². The summed E-state index contributed by atoms with van der Waals surface area (Å²) in [5, 5.41) is 5.46. The van der Waals surface area contributed by atoms with Gasteiger partial charge in [-0.05, 0) is 17.7 Å². The first kappa shape index (κ1) is 13.9. The first-order valence-corrected chi connectivity index (χ1v) is 6.39. The molecule has 2 amide bonds. The number of aromatic nitrogens is 1. The number of nitrogens with one attached hydrogen (secondary N) is 3. The molecule has 1 heterocycles. The van der Waals surface area contributed by atoms with E-state index in [0.29, 0.717) is 12.2 Å². The molecule has 0 spiro atoms. The van der Waals surface area contributed by atoms with Crippen molar-refractivity contribution in [3.63, 3.8) is 0 Å². The summed E-state index contributed by atoms with van der Waals surface area (Å²) < 4.78 is 0. The molecule has 0 unspecified atom stereocenters. The smallest absolute Gasteiger partial charge is 0.249 e. The monoisotopic (exact) mass is 271 g/mol. The van der Waals surface area contributed by atoms with Gasteiger partial charge in [0, 0.05) is 25.4 Å². The molecular formula is C15H17N3O2. The van der Waals surface area contributed by atoms with Gasteiger partial charge in [0.2, 0.25) is 11.8 Å². The van der Waals surface area contributed by atoms with E-state index in [0.717, 1.165) is 5.56 Å². The van der Waals surface area contributed by atoms with Crippen LogP contribution in [-0.2, 0) is 16.1 Å². The van der Waals surface area contributed by atoms with Crippen LogP contribution in [0.15, 0.2) is 48.7 Å². The SMILES string of the molecule is CC(=O)N[C@H](C(=O)NCc1ccccc1)c1ccc[nH]1. The molecule has 1 aromatic heterocycles. The number of amides is 2. The Labute approximate surface area is 117 Å². The summed E-state index contributed by atoms with van der Waals surface area (Å²) in [4.78, 5) is 26.4. The van der Waals surface area contributed by atoms with Gasteiger partial charge >= 0.3 is 0 Å². The molecule has 0 aliphatic rings. The van der Waals surface area contributed by atoms with Crippen molar-refractivity contribution in [2.75, 3.05) is 0 Å². The Hall–Kier alpha value is -2.56. The van der Waals surface area contributed by atoms with Crippen molar-refractivity contribution >= 4 is 11.8 Å². The summed E-state index contributed by atoms with van der Waals surface area (Å²) in [7, 11) is 0. The highest BCUT2D eigenvalue weighted by Gasteiger charge is 2.21. The van der Waals surface area contributed by atoms with Crippen LogP contribution in [0.2, 0.25) is 0 Å². The van der Waals surface area contributed by atoms with Crippen LogP contribution >= 0.6 is 0 Å². The van der Waals surface area contributed by atoms with E-state index in [9.17, 15) is 9.59 Å². The van der Waals surface area contributed by atoms with Gasteiger partial charge in [-0.25, -0.2) is 0 Å². The van der Waals surface area contributed by atoms with Gasteiger partial charge in [0.1, 0.15) is 6.04 Å². The van der Waals surface area contributed by atoms with Crippen LogP contribution in [0, 0.1) is 0 Å². The summed E-state index contributed by atoms with van der Waals surface area (Å²) in [5.74, 6) is -0.494. The second kappa shape index (κ2) is 6.56. The normalized spacial score (nSPS) is 11.7. The van der Waals surface area contributed by atoms with E-state index in [1.165, 1.54) is 6.92 Å². The maximum atomic E-state index is 12.2. The Morgan fingerprint density at radius 2 is 1.90 bits per heavy atom. The summed E-state index contributed by atoms with van der Waals surface area (Å²) in [6.45, 7) is 1.82. The maximum absolute atomic E-state index is 12.2. The lowest BCUT2D eigenvalue weighted by Gasteiger charge is -2.16. The first-order valence-electron chi connectivity index (χ1n) is 6.39. The topological polar surface area (TPSA) is 74.0 Å². The molecule has 2 aromatic rings. The molecule has 0 saturated heterocycles. The van der Waals surface area contributed by atoms with Gasteiger partial charge in [-0.2, -0.15) is 0 Å². The molecule has 0 aliphatic carbocycles. The van der Waals surface area contributed by atoms with Gasteiger partial charge in [0.25, 0.3) is 0 Å². The number of benzene rings is 1. The third kappa shape index (κ3) is 3.71. The summed E-state index contributed by atoms with van der Waals surface area (Å²) in [5.41, 5.74) is 1.67. The summed E-state index contributed by atoms with van der Waals surface area (Å²) >= 11 is 0. The molecule has 1 aromatic carbocycles. The highest BCUT2D eigenvalue weighted by molar-refractivity contribution is 5.87. The molecule has 1 atom stereocenters. The fourth-order valence-electron chi connectivity index (χ4n) is 1.90. The average Bonchev–Trinajstić information content (AvgIpc) is 2.97. The molecule has 0 fully saturated rings. The highest BCUT2D eigenvalue weighted by Crippen LogP contribution is 2.11. The van der Waals surface area contributed by atoms with Crippen molar-refractivity contribution in [1.82, 2.24) is 15.6 Å². The van der Waals surface area contributed by atoms with Crippen LogP contribution < -0.4 is 10.6 Å². The van der Waals surface area contributed by atoms with Crippen molar-refractivity contribution in [3.8, 4) is 0 Å². The van der Waals surface area contributed by atoms with Crippen molar-refractivity contribution in [2.45, 2.75) is 19.5 Å². The molecule has 104 valence electrons. The standard InChI is InChI=1S/C15H17N3O2/c1-11(19)18-14(13-8-5-9-16-13)15(20)17-10-12-6-3-2-4-7-12/h2-9,14,16H,10H2,1H3,(H,17,20)(H,18,19)/t14-/m0/s1. The predicted octanol–water partition coefficient (Wildman–Crippen LogP) is 1.51. The third-order valence-corrected chi connectivity index (χ3v) is 2.85. The largest absolute Gasteiger partial charge is 0.363 e. The molecule has 0 aliphatic heterocycles. The number of aromatic amines is 1. The lowest BCUT2D eigenvalue weighted by molar-refractivity contribution is -0.128. The van der Waals surface area contributed by atoms with Crippen LogP contribution in [-0.4, -0.2) is 16.8 Å². The highest BCUT2D eigenvalue weighted by atomic mass is 16.2. The Morgan fingerprint density at radius 3 is 2.50 bits per heavy atom. The Bertz CT molecular complexity index is 564. The van der Waals surface area contributed by atoms with E-state index in [-0.39, 0.29) is 11.8 Å². The lowest BCUT2D eigenvalue weighted by Crippen LogP contribution is -2.39. The van der Waals surface area contributed by atoms with Gasteiger partial charge < -0.3 is 15.6 Å². The van der Waals surface area contributed by atoms with Crippen LogP contribution in [0.3, 0.4) is 0 Å². The quantitative estimate of drug-likeness (QED) is 0.771. The second-order valence-electron chi connectivity index (χ2n) is 4.46. The second-order valence-corrected chi connectivity index (χ2v) is 4.46. The number of hydrogen-bond acceptors (Lipinski definition) is 2. The summed E-state index contributed by atoms with van der Waals surface area (Å²) in [6.07, 6.45) is 1.72. The number of carbonyl (C=O) groups is 2. The zero-order valence-corrected chi connectivity index (χ0v) is 11.2. The number of hydrogen-bond donors (Lipinski definition) is 3. The molecule has 20 heavy (non-hydrogen) atoms. The van der Waals surface area contributed by atoms with Crippen LogP contribution in [0.25, 0.3) is 0 Å². The van der Waals surface area contributed by atoms with Gasteiger partial charge in [-0.15, -0.1) is 0 Å². The number of rotatable bonds is 5. The van der Waals surface area contributed by atoms with Crippen molar-refractivity contribution < 1.29 is 9.59 Å². The lowest BCUT2D eigenvalue weighted by atomic mass is 10.1. The third-order valence-electron chi connectivity index (χ3n) is 2.85. The molecule has 0 saturated carbocycles. The average molecular weight is 271 g/mol. The zero-order valence-electron chi connectivity index (χ0n) is 11.2. The minimum Gasteiger partial charge on any atom is -0.363 e. The van der Waals surface area contributed by atoms with E-state index in [4.69, 9.17) is 0 Å². The zero-order chi connectivity index (χ0) is 14.4. The van der Waals surface area contributed by atoms with Gasteiger partial charge in [-0.1, -0.05) is 30.3 Å². The molecular weight excluding hydrogens is 254 g/mol. The minimum atomic E-state index is -0.703. The minimum absolute atomic E-state index is 0.244. The molecule has 0 radical (unpaired) electrons. The van der Waals surface area contributed by atoms with E-state index < -0.39 is 6.04 Å². The van der Waals surface area contributed by atoms with Crippen molar-refractivity contribution in [1.29, 1.82) is 0 Å². The van der Waals surface area contributed by atoms with Gasteiger partial charge in [0.05, 0.1) is 0 Å². The molecule has 5 nitrogen and oxygen atoms in total. The Balaban J connectivity index is 2.02. The van der Waals surface area contributed by atoms with E-state index in [1.54, 1.807) is 18.3 Å². The number of H-pyrrole nitrogens is 1. The Morgan fingerprint density at radius 1 is 1.15 bits per heavy atom. The first-order chi connectivity index (χ1) is 9.66. The van der Waals surface area contributed by atoms with Crippen LogP contribution in [0.1, 0.15) is 24.2 Å². The van der Waals surface area contributed by atoms with Crippen molar-refractivity contribution in [2.24, 2.45) is 0 Å². The summed E-state index contributed by atoms with van der Waals surface area (Å²) in [6, 6.07) is 12.5. The van der Waals surface area contributed by atoms with Crippen LogP contribution in [0.4, 0.5) is 0 Å². The number of carbonyl (C=O) groups excluding carboxylic acids is 2. The van der Waals surface area contributed by atoms with Crippen molar-refractivity contribution in [3.05, 3.63) is 59.9 Å². The predicted molar refractivity (Wildman–Crippen MR) is 75.6 cm³/mol. The van der Waals surface area contributed by atoms with E-state index >= 15 is 0 Å².